The molecule has 0 bridgehead atoms. The van der Waals surface area contributed by atoms with Gasteiger partial charge in [0.25, 0.3) is 11.6 Å². The lowest BCUT2D eigenvalue weighted by atomic mass is 10.2. The molecule has 0 saturated carbocycles. The zero-order valence-corrected chi connectivity index (χ0v) is 16.9. The Balaban J connectivity index is 1.59. The molecule has 1 aromatic heterocycles. The summed E-state index contributed by atoms with van der Waals surface area (Å²) in [7, 11) is 0. The maximum Gasteiger partial charge on any atom is 0.269 e. The number of benzene rings is 3. The Morgan fingerprint density at radius 1 is 1.10 bits per heavy atom. The van der Waals surface area contributed by atoms with Crippen molar-refractivity contribution in [2.24, 2.45) is 0 Å². The summed E-state index contributed by atoms with van der Waals surface area (Å²) in [6.07, 6.45) is 0. The van der Waals surface area contributed by atoms with Gasteiger partial charge in [0.1, 0.15) is 5.52 Å². The first kappa shape index (κ1) is 19.1. The molecule has 0 radical (unpaired) electrons. The van der Waals surface area contributed by atoms with Crippen LogP contribution in [0, 0.1) is 10.1 Å². The van der Waals surface area contributed by atoms with Crippen molar-refractivity contribution in [1.29, 1.82) is 0 Å². The number of hydrogen-bond donors (Lipinski definition) is 1. The van der Waals surface area contributed by atoms with Crippen molar-refractivity contribution in [2.45, 2.75) is 0 Å². The Morgan fingerprint density at radius 3 is 2.59 bits per heavy atom. The van der Waals surface area contributed by atoms with E-state index < -0.39 is 10.8 Å². The van der Waals surface area contributed by atoms with Crippen LogP contribution in [0.3, 0.4) is 0 Å². The zero-order valence-electron chi connectivity index (χ0n) is 14.6. The molecular weight excluding hydrogens is 462 g/mol. The number of anilines is 1. The molecule has 0 aliphatic carbocycles. The first-order valence-electron chi connectivity index (χ1n) is 8.32. The lowest BCUT2D eigenvalue weighted by Crippen LogP contribution is -2.11. The minimum Gasteiger partial charge on any atom is -0.436 e. The SMILES string of the molecule is O=C(Nc1ccc2oc(-c3cc(Br)ccc3Cl)nc2c1)c1ccc([N+](=O)[O-])cc1. The van der Waals surface area contributed by atoms with E-state index in [1.165, 1.54) is 24.3 Å². The maximum absolute atomic E-state index is 12.4. The number of halogens is 2. The zero-order chi connectivity index (χ0) is 20.5. The fourth-order valence-corrected chi connectivity index (χ4v) is 3.28. The number of amides is 1. The maximum atomic E-state index is 12.4. The minimum absolute atomic E-state index is 0.0793. The summed E-state index contributed by atoms with van der Waals surface area (Å²) in [5, 5.41) is 14.0. The number of nitrogens with zero attached hydrogens (tertiary/aromatic N) is 2. The number of carbonyl (C=O) groups is 1. The molecule has 1 heterocycles. The van der Waals surface area contributed by atoms with Crippen molar-refractivity contribution in [1.82, 2.24) is 4.98 Å². The summed E-state index contributed by atoms with van der Waals surface area (Å²) in [6, 6.07) is 15.8. The van der Waals surface area contributed by atoms with Crippen LogP contribution in [0.1, 0.15) is 10.4 Å². The molecule has 4 rings (SSSR count). The molecule has 3 aromatic carbocycles. The first-order valence-corrected chi connectivity index (χ1v) is 9.49. The molecule has 9 heteroatoms. The number of nitro benzene ring substituents is 1. The molecule has 29 heavy (non-hydrogen) atoms. The first-order chi connectivity index (χ1) is 13.9. The van der Waals surface area contributed by atoms with Crippen molar-refractivity contribution in [3.63, 3.8) is 0 Å². The van der Waals surface area contributed by atoms with E-state index in [2.05, 4.69) is 26.2 Å². The van der Waals surface area contributed by atoms with E-state index in [1.54, 1.807) is 24.3 Å². The third-order valence-electron chi connectivity index (χ3n) is 4.14. The highest BCUT2D eigenvalue weighted by Crippen LogP contribution is 2.33. The number of carbonyl (C=O) groups excluding carboxylic acids is 1. The molecule has 1 amide bonds. The van der Waals surface area contributed by atoms with Gasteiger partial charge in [-0.3, -0.25) is 14.9 Å². The summed E-state index contributed by atoms with van der Waals surface area (Å²) in [4.78, 5) is 27.1. The second-order valence-corrected chi connectivity index (χ2v) is 7.41. The summed E-state index contributed by atoms with van der Waals surface area (Å²) in [6.45, 7) is 0. The second kappa shape index (κ2) is 7.65. The van der Waals surface area contributed by atoms with Crippen molar-refractivity contribution < 1.29 is 14.1 Å². The van der Waals surface area contributed by atoms with E-state index in [0.717, 1.165) is 4.47 Å². The lowest BCUT2D eigenvalue weighted by molar-refractivity contribution is -0.384. The van der Waals surface area contributed by atoms with Crippen LogP contribution in [0.5, 0.6) is 0 Å². The number of oxazole rings is 1. The molecule has 7 nitrogen and oxygen atoms in total. The van der Waals surface area contributed by atoms with Gasteiger partial charge in [-0.2, -0.15) is 0 Å². The minimum atomic E-state index is -0.519. The molecule has 0 unspecified atom stereocenters. The van der Waals surface area contributed by atoms with Gasteiger partial charge in [0.15, 0.2) is 5.58 Å². The van der Waals surface area contributed by atoms with Gasteiger partial charge in [0.05, 0.1) is 15.5 Å². The molecule has 4 aromatic rings. The normalized spacial score (nSPS) is 10.8. The highest BCUT2D eigenvalue weighted by Gasteiger charge is 2.14. The number of non-ortho nitro benzene ring substituents is 1. The predicted molar refractivity (Wildman–Crippen MR) is 113 cm³/mol. The van der Waals surface area contributed by atoms with Crippen molar-refractivity contribution in [3.05, 3.63) is 85.8 Å². The second-order valence-electron chi connectivity index (χ2n) is 6.08. The molecule has 0 saturated heterocycles. The molecule has 1 N–H and O–H groups in total. The molecule has 0 fully saturated rings. The van der Waals surface area contributed by atoms with Crippen LogP contribution in [0.2, 0.25) is 5.02 Å². The fourth-order valence-electron chi connectivity index (χ4n) is 2.72. The number of fused-ring (bicyclic) bond motifs is 1. The highest BCUT2D eigenvalue weighted by atomic mass is 79.9. The molecule has 0 atom stereocenters. The average molecular weight is 473 g/mol. The summed E-state index contributed by atoms with van der Waals surface area (Å²) >= 11 is 9.63. The van der Waals surface area contributed by atoms with E-state index in [4.69, 9.17) is 16.0 Å². The van der Waals surface area contributed by atoms with Gasteiger partial charge < -0.3 is 9.73 Å². The largest absolute Gasteiger partial charge is 0.436 e. The van der Waals surface area contributed by atoms with Crippen LogP contribution in [0.4, 0.5) is 11.4 Å². The lowest BCUT2D eigenvalue weighted by Gasteiger charge is -2.04. The number of hydrogen-bond acceptors (Lipinski definition) is 5. The van der Waals surface area contributed by atoms with Crippen LogP contribution in [-0.4, -0.2) is 15.8 Å². The Hall–Kier alpha value is -3.23. The molecule has 0 aliphatic heterocycles. The molecular formula is C20H11BrClN3O4. The number of rotatable bonds is 4. The number of nitro groups is 1. The standard InChI is InChI=1S/C20H11BrClN3O4/c21-12-3-7-16(22)15(9-12)20-24-17-10-13(4-8-18(17)29-20)23-19(26)11-1-5-14(6-2-11)25(27)28/h1-10H,(H,23,26). The topological polar surface area (TPSA) is 98.3 Å². The van der Waals surface area contributed by atoms with Gasteiger partial charge in [-0.1, -0.05) is 27.5 Å². The number of nitrogens with one attached hydrogen (secondary N) is 1. The van der Waals surface area contributed by atoms with E-state index in [-0.39, 0.29) is 5.69 Å². The highest BCUT2D eigenvalue weighted by molar-refractivity contribution is 9.10. The Labute approximate surface area is 177 Å². The summed E-state index contributed by atoms with van der Waals surface area (Å²) in [5.41, 5.74) is 2.48. The average Bonchev–Trinajstić information content (AvgIpc) is 3.13. The predicted octanol–water partition coefficient (Wildman–Crippen LogP) is 6.07. The van der Waals surface area contributed by atoms with Crippen molar-refractivity contribution in [3.8, 4) is 11.5 Å². The molecule has 0 aliphatic rings. The van der Waals surface area contributed by atoms with Gasteiger partial charge >= 0.3 is 0 Å². The van der Waals surface area contributed by atoms with Gasteiger partial charge in [-0.05, 0) is 48.5 Å². The Morgan fingerprint density at radius 2 is 1.86 bits per heavy atom. The molecule has 144 valence electrons. The van der Waals surface area contributed by atoms with Crippen molar-refractivity contribution >= 4 is 55.9 Å². The third-order valence-corrected chi connectivity index (χ3v) is 4.97. The van der Waals surface area contributed by atoms with E-state index in [1.807, 2.05) is 12.1 Å². The monoisotopic (exact) mass is 471 g/mol. The van der Waals surface area contributed by atoms with E-state index in [0.29, 0.717) is 38.8 Å². The smallest absolute Gasteiger partial charge is 0.269 e. The van der Waals surface area contributed by atoms with Gasteiger partial charge in [-0.15, -0.1) is 0 Å². The van der Waals surface area contributed by atoms with Gasteiger partial charge in [0, 0.05) is 27.9 Å². The van der Waals surface area contributed by atoms with Crippen LogP contribution < -0.4 is 5.32 Å². The van der Waals surface area contributed by atoms with Gasteiger partial charge in [-0.25, -0.2) is 4.98 Å². The quantitative estimate of drug-likeness (QED) is 0.287. The van der Waals surface area contributed by atoms with Crippen molar-refractivity contribution in [2.75, 3.05) is 5.32 Å². The Kier molecular flexibility index (Phi) is 5.04. The molecule has 0 spiro atoms. The van der Waals surface area contributed by atoms with E-state index >= 15 is 0 Å². The summed E-state index contributed by atoms with van der Waals surface area (Å²) < 4.78 is 6.62. The third kappa shape index (κ3) is 3.98. The van der Waals surface area contributed by atoms with E-state index in [9.17, 15) is 14.9 Å². The van der Waals surface area contributed by atoms with Gasteiger partial charge in [0.2, 0.25) is 5.89 Å². The van der Waals surface area contributed by atoms with Crippen LogP contribution in [-0.2, 0) is 0 Å². The van der Waals surface area contributed by atoms with Crippen LogP contribution in [0.25, 0.3) is 22.6 Å². The summed E-state index contributed by atoms with van der Waals surface area (Å²) in [5.74, 6) is -0.0249. The van der Waals surface area contributed by atoms with Crippen LogP contribution in [0.15, 0.2) is 69.6 Å². The number of aromatic nitrogens is 1. The Bertz CT molecular complexity index is 1250. The van der Waals surface area contributed by atoms with Crippen LogP contribution >= 0.6 is 27.5 Å². The fraction of sp³-hybridized carbons (Fsp3) is 0.